The highest BCUT2D eigenvalue weighted by Crippen LogP contribution is 2.14. The summed E-state index contributed by atoms with van der Waals surface area (Å²) in [6.45, 7) is 6.73. The van der Waals surface area contributed by atoms with E-state index in [0.717, 1.165) is 18.7 Å². The van der Waals surface area contributed by atoms with Gasteiger partial charge in [-0.2, -0.15) is 0 Å². The second-order valence-electron chi connectivity index (χ2n) is 5.08. The van der Waals surface area contributed by atoms with Crippen LogP contribution < -0.4 is 0 Å². The number of hydrogen-bond donors (Lipinski definition) is 0. The molecule has 1 aromatic rings. The number of carbonyl (C=O) groups excluding carboxylic acids is 1. The van der Waals surface area contributed by atoms with E-state index in [1.807, 2.05) is 18.2 Å². The van der Waals surface area contributed by atoms with Crippen LogP contribution >= 0.6 is 0 Å². The molecule has 0 spiro atoms. The van der Waals surface area contributed by atoms with E-state index >= 15 is 0 Å². The molecule has 1 aromatic carbocycles. The monoisotopic (exact) mass is 279 g/mol. The number of nitrogens with zero attached hydrogens (tertiary/aromatic N) is 1. The van der Waals surface area contributed by atoms with Crippen molar-refractivity contribution in [1.29, 1.82) is 0 Å². The van der Waals surface area contributed by atoms with Crippen molar-refractivity contribution in [3.8, 4) is 0 Å². The van der Waals surface area contributed by atoms with Crippen molar-refractivity contribution in [3.63, 3.8) is 0 Å². The first-order valence-electron chi connectivity index (χ1n) is 6.95. The molecule has 0 aliphatic carbocycles. The van der Waals surface area contributed by atoms with E-state index in [9.17, 15) is 4.79 Å². The summed E-state index contributed by atoms with van der Waals surface area (Å²) in [6.07, 6.45) is 0.322. The minimum Gasteiger partial charge on any atom is -0.469 e. The predicted octanol–water partition coefficient (Wildman–Crippen LogP) is 2.26. The summed E-state index contributed by atoms with van der Waals surface area (Å²) >= 11 is 0. The number of benzene rings is 1. The maximum absolute atomic E-state index is 11.5. The molecule has 0 aliphatic rings. The van der Waals surface area contributed by atoms with Crippen LogP contribution in [0.2, 0.25) is 0 Å². The number of methoxy groups -OCH3 is 2. The summed E-state index contributed by atoms with van der Waals surface area (Å²) in [5.41, 5.74) is 2.20. The van der Waals surface area contributed by atoms with Gasteiger partial charge in [0.1, 0.15) is 0 Å². The second kappa shape index (κ2) is 8.72. The van der Waals surface area contributed by atoms with Gasteiger partial charge in [0, 0.05) is 26.2 Å². The molecule has 0 amide bonds. The van der Waals surface area contributed by atoms with Gasteiger partial charge in [0.15, 0.2) is 0 Å². The molecule has 0 atom stereocenters. The van der Waals surface area contributed by atoms with Crippen LogP contribution in [0.1, 0.15) is 25.0 Å². The molecule has 4 heteroatoms. The SMILES string of the molecule is COCCN(Cc1ccccc1CC(=O)OC)C(C)C. The number of carbonyl (C=O) groups is 1. The molecule has 0 saturated carbocycles. The van der Waals surface area contributed by atoms with Gasteiger partial charge in [-0.3, -0.25) is 9.69 Å². The molecule has 20 heavy (non-hydrogen) atoms. The maximum atomic E-state index is 11.5. The molecule has 0 aromatic heterocycles. The average molecular weight is 279 g/mol. The summed E-state index contributed by atoms with van der Waals surface area (Å²) in [6, 6.07) is 8.44. The van der Waals surface area contributed by atoms with Crippen LogP contribution in [0.4, 0.5) is 0 Å². The van der Waals surface area contributed by atoms with Crippen molar-refractivity contribution in [1.82, 2.24) is 4.90 Å². The van der Waals surface area contributed by atoms with E-state index in [1.54, 1.807) is 7.11 Å². The first-order valence-corrected chi connectivity index (χ1v) is 6.95. The zero-order chi connectivity index (χ0) is 15.0. The van der Waals surface area contributed by atoms with Gasteiger partial charge in [-0.1, -0.05) is 24.3 Å². The van der Waals surface area contributed by atoms with Crippen LogP contribution in [-0.2, 0) is 27.2 Å². The summed E-state index contributed by atoms with van der Waals surface area (Å²) in [5.74, 6) is -0.203. The average Bonchev–Trinajstić information content (AvgIpc) is 2.44. The Balaban J connectivity index is 2.80. The molecule has 0 bridgehead atoms. The molecule has 0 aliphatic heterocycles. The third-order valence-corrected chi connectivity index (χ3v) is 3.37. The Morgan fingerprint density at radius 3 is 2.40 bits per heavy atom. The zero-order valence-corrected chi connectivity index (χ0v) is 12.9. The highest BCUT2D eigenvalue weighted by molar-refractivity contribution is 5.72. The van der Waals surface area contributed by atoms with Crippen LogP contribution in [0.15, 0.2) is 24.3 Å². The summed E-state index contributed by atoms with van der Waals surface area (Å²) in [7, 11) is 3.13. The molecule has 0 heterocycles. The Morgan fingerprint density at radius 2 is 1.85 bits per heavy atom. The van der Waals surface area contributed by atoms with Crippen molar-refractivity contribution in [2.75, 3.05) is 27.4 Å². The van der Waals surface area contributed by atoms with Crippen molar-refractivity contribution in [3.05, 3.63) is 35.4 Å². The number of hydrogen-bond acceptors (Lipinski definition) is 4. The molecule has 0 fully saturated rings. The molecule has 0 N–H and O–H groups in total. The van der Waals surface area contributed by atoms with Crippen molar-refractivity contribution < 1.29 is 14.3 Å². The van der Waals surface area contributed by atoms with Crippen LogP contribution in [-0.4, -0.2) is 44.3 Å². The van der Waals surface area contributed by atoms with Crippen molar-refractivity contribution in [2.24, 2.45) is 0 Å². The largest absolute Gasteiger partial charge is 0.469 e. The third-order valence-electron chi connectivity index (χ3n) is 3.37. The van der Waals surface area contributed by atoms with Gasteiger partial charge in [0.25, 0.3) is 0 Å². The van der Waals surface area contributed by atoms with Gasteiger partial charge < -0.3 is 9.47 Å². The lowest BCUT2D eigenvalue weighted by atomic mass is 10.0. The zero-order valence-electron chi connectivity index (χ0n) is 12.9. The lowest BCUT2D eigenvalue weighted by molar-refractivity contribution is -0.139. The maximum Gasteiger partial charge on any atom is 0.309 e. The van der Waals surface area contributed by atoms with Crippen molar-refractivity contribution in [2.45, 2.75) is 32.9 Å². The standard InChI is InChI=1S/C16H25NO3/c1-13(2)17(9-10-19-3)12-15-8-6-5-7-14(15)11-16(18)20-4/h5-8,13H,9-12H2,1-4H3. The Morgan fingerprint density at radius 1 is 1.20 bits per heavy atom. The summed E-state index contributed by atoms with van der Waals surface area (Å²) in [4.78, 5) is 13.8. The molecule has 112 valence electrons. The lowest BCUT2D eigenvalue weighted by Gasteiger charge is -2.27. The van der Waals surface area contributed by atoms with Gasteiger partial charge in [-0.15, -0.1) is 0 Å². The first kappa shape index (κ1) is 16.7. The topological polar surface area (TPSA) is 38.8 Å². The Bertz CT molecular complexity index is 418. The number of rotatable bonds is 8. The highest BCUT2D eigenvalue weighted by Gasteiger charge is 2.13. The predicted molar refractivity (Wildman–Crippen MR) is 79.6 cm³/mol. The van der Waals surface area contributed by atoms with Crippen LogP contribution in [0.25, 0.3) is 0 Å². The first-order chi connectivity index (χ1) is 9.58. The molecular weight excluding hydrogens is 254 g/mol. The van der Waals surface area contributed by atoms with Crippen LogP contribution in [0, 0.1) is 0 Å². The normalized spacial score (nSPS) is 11.1. The fourth-order valence-corrected chi connectivity index (χ4v) is 2.06. The van der Waals surface area contributed by atoms with E-state index in [2.05, 4.69) is 24.8 Å². The summed E-state index contributed by atoms with van der Waals surface area (Å²) < 4.78 is 9.91. The van der Waals surface area contributed by atoms with E-state index in [4.69, 9.17) is 9.47 Å². The Kier molecular flexibility index (Phi) is 7.26. The lowest BCUT2D eigenvalue weighted by Crippen LogP contribution is -2.33. The Labute approximate surface area is 121 Å². The molecule has 1 rings (SSSR count). The van der Waals surface area contributed by atoms with Gasteiger partial charge in [0.2, 0.25) is 0 Å². The smallest absolute Gasteiger partial charge is 0.309 e. The highest BCUT2D eigenvalue weighted by atomic mass is 16.5. The number of ether oxygens (including phenoxy) is 2. The van der Waals surface area contributed by atoms with Crippen LogP contribution in [0.3, 0.4) is 0 Å². The molecule has 0 radical (unpaired) electrons. The molecule has 0 saturated heterocycles. The number of esters is 1. The third kappa shape index (κ3) is 5.31. The summed E-state index contributed by atoms with van der Waals surface area (Å²) in [5, 5.41) is 0. The van der Waals surface area contributed by atoms with E-state index < -0.39 is 0 Å². The van der Waals surface area contributed by atoms with Gasteiger partial charge >= 0.3 is 5.97 Å². The minimum absolute atomic E-state index is 0.203. The van der Waals surface area contributed by atoms with E-state index in [1.165, 1.54) is 12.7 Å². The van der Waals surface area contributed by atoms with E-state index in [0.29, 0.717) is 19.1 Å². The van der Waals surface area contributed by atoms with Gasteiger partial charge in [-0.25, -0.2) is 0 Å². The fraction of sp³-hybridized carbons (Fsp3) is 0.562. The van der Waals surface area contributed by atoms with Gasteiger partial charge in [0.05, 0.1) is 20.1 Å². The van der Waals surface area contributed by atoms with E-state index in [-0.39, 0.29) is 5.97 Å². The second-order valence-corrected chi connectivity index (χ2v) is 5.08. The molecular formula is C16H25NO3. The quantitative estimate of drug-likeness (QED) is 0.684. The molecule has 4 nitrogen and oxygen atoms in total. The fourth-order valence-electron chi connectivity index (χ4n) is 2.06. The molecule has 0 unspecified atom stereocenters. The van der Waals surface area contributed by atoms with Crippen LogP contribution in [0.5, 0.6) is 0 Å². The minimum atomic E-state index is -0.203. The van der Waals surface area contributed by atoms with Gasteiger partial charge in [-0.05, 0) is 25.0 Å². The van der Waals surface area contributed by atoms with Crippen molar-refractivity contribution >= 4 is 5.97 Å². The Hall–Kier alpha value is -1.39.